The van der Waals surface area contributed by atoms with Crippen molar-refractivity contribution in [3.63, 3.8) is 0 Å². The van der Waals surface area contributed by atoms with Gasteiger partial charge in [-0.15, -0.1) is 0 Å². The first-order valence-corrected chi connectivity index (χ1v) is 5.05. The van der Waals surface area contributed by atoms with Crippen molar-refractivity contribution in [2.24, 2.45) is 0 Å². The molecular formula is C12H11NO5. The van der Waals surface area contributed by atoms with Crippen LogP contribution in [0.4, 0.5) is 0 Å². The van der Waals surface area contributed by atoms with E-state index < -0.39 is 5.97 Å². The summed E-state index contributed by atoms with van der Waals surface area (Å²) in [5, 5.41) is 19.1. The van der Waals surface area contributed by atoms with Crippen LogP contribution in [-0.4, -0.2) is 35.4 Å². The van der Waals surface area contributed by atoms with Gasteiger partial charge in [0.25, 0.3) is 0 Å². The van der Waals surface area contributed by atoms with Gasteiger partial charge in [0.15, 0.2) is 11.5 Å². The fourth-order valence-corrected chi connectivity index (χ4v) is 1.66. The molecule has 0 aliphatic rings. The Bertz CT molecular complexity index is 623. The zero-order chi connectivity index (χ0) is 13.3. The minimum atomic E-state index is -1.24. The highest BCUT2D eigenvalue weighted by Gasteiger charge is 2.16. The third kappa shape index (κ3) is 1.77. The van der Waals surface area contributed by atoms with Gasteiger partial charge in [0.2, 0.25) is 0 Å². The lowest BCUT2D eigenvalue weighted by Crippen LogP contribution is -1.99. The van der Waals surface area contributed by atoms with E-state index >= 15 is 0 Å². The molecule has 0 saturated heterocycles. The Morgan fingerprint density at radius 2 is 1.83 bits per heavy atom. The molecule has 2 N–H and O–H groups in total. The molecule has 0 atom stereocenters. The van der Waals surface area contributed by atoms with Gasteiger partial charge in [-0.2, -0.15) is 0 Å². The number of carboxylic acids is 1. The van der Waals surface area contributed by atoms with Gasteiger partial charge in [0, 0.05) is 17.6 Å². The number of ether oxygens (including phenoxy) is 2. The van der Waals surface area contributed by atoms with Crippen molar-refractivity contribution in [2.75, 3.05) is 14.2 Å². The maximum atomic E-state index is 10.9. The molecule has 0 spiro atoms. The van der Waals surface area contributed by atoms with Crippen LogP contribution >= 0.6 is 0 Å². The molecule has 0 aliphatic carbocycles. The van der Waals surface area contributed by atoms with E-state index in [1.165, 1.54) is 20.3 Å². The van der Waals surface area contributed by atoms with Gasteiger partial charge in [-0.05, 0) is 6.07 Å². The quantitative estimate of drug-likeness (QED) is 0.859. The fraction of sp³-hybridized carbons (Fsp3) is 0.167. The molecule has 94 valence electrons. The van der Waals surface area contributed by atoms with E-state index in [0.29, 0.717) is 22.4 Å². The summed E-state index contributed by atoms with van der Waals surface area (Å²) in [5.74, 6) is -0.727. The zero-order valence-electron chi connectivity index (χ0n) is 9.80. The number of hydrogen-bond donors (Lipinski definition) is 2. The van der Waals surface area contributed by atoms with E-state index in [2.05, 4.69) is 4.98 Å². The maximum absolute atomic E-state index is 10.9. The van der Waals surface area contributed by atoms with E-state index in [4.69, 9.17) is 14.6 Å². The third-order valence-electron chi connectivity index (χ3n) is 2.58. The molecule has 0 bridgehead atoms. The summed E-state index contributed by atoms with van der Waals surface area (Å²) >= 11 is 0. The van der Waals surface area contributed by atoms with Crippen LogP contribution in [0.1, 0.15) is 10.4 Å². The molecule has 1 aromatic carbocycles. The second kappa shape index (κ2) is 4.40. The largest absolute Gasteiger partial charge is 0.506 e. The van der Waals surface area contributed by atoms with Crippen molar-refractivity contribution >= 4 is 16.9 Å². The number of methoxy groups -OCH3 is 2. The number of hydrogen-bond acceptors (Lipinski definition) is 5. The van der Waals surface area contributed by atoms with Crippen LogP contribution in [0.3, 0.4) is 0 Å². The van der Waals surface area contributed by atoms with E-state index in [1.54, 1.807) is 6.07 Å². The third-order valence-corrected chi connectivity index (χ3v) is 2.58. The van der Waals surface area contributed by atoms with E-state index in [9.17, 15) is 9.90 Å². The maximum Gasteiger partial charge on any atom is 0.341 e. The molecule has 0 amide bonds. The topological polar surface area (TPSA) is 88.9 Å². The standard InChI is InChI=1S/C12H11NO5/c1-17-9-3-6-8(4-10(9)18-2)13-5-7(11(6)14)12(15)16/h3-5H,1-2H3,(H,13,14)(H,15,16). The number of benzene rings is 1. The van der Waals surface area contributed by atoms with Crippen LogP contribution in [0.2, 0.25) is 0 Å². The van der Waals surface area contributed by atoms with Gasteiger partial charge in [-0.3, -0.25) is 4.98 Å². The number of aromatic hydroxyl groups is 1. The second-order valence-electron chi connectivity index (χ2n) is 3.55. The smallest absolute Gasteiger partial charge is 0.341 e. The molecule has 2 aromatic rings. The minimum Gasteiger partial charge on any atom is -0.506 e. The summed E-state index contributed by atoms with van der Waals surface area (Å²) in [6, 6.07) is 3.06. The van der Waals surface area contributed by atoms with Crippen LogP contribution < -0.4 is 9.47 Å². The van der Waals surface area contributed by atoms with Crippen LogP contribution in [0.15, 0.2) is 18.3 Å². The average molecular weight is 249 g/mol. The number of nitrogens with zero attached hydrogens (tertiary/aromatic N) is 1. The molecule has 1 heterocycles. The summed E-state index contributed by atoms with van der Waals surface area (Å²) in [4.78, 5) is 14.9. The molecule has 1 aromatic heterocycles. The Morgan fingerprint density at radius 3 is 2.39 bits per heavy atom. The number of carboxylic acid groups (broad SMARTS) is 1. The van der Waals surface area contributed by atoms with E-state index in [-0.39, 0.29) is 11.3 Å². The summed E-state index contributed by atoms with van der Waals surface area (Å²) in [7, 11) is 2.93. The highest BCUT2D eigenvalue weighted by Crippen LogP contribution is 2.36. The van der Waals surface area contributed by atoms with Gasteiger partial charge in [0.05, 0.1) is 19.7 Å². The molecule has 6 nitrogen and oxygen atoms in total. The monoisotopic (exact) mass is 249 g/mol. The van der Waals surface area contributed by atoms with E-state index in [1.807, 2.05) is 0 Å². The average Bonchev–Trinajstić information content (AvgIpc) is 2.37. The van der Waals surface area contributed by atoms with Gasteiger partial charge >= 0.3 is 5.97 Å². The fourth-order valence-electron chi connectivity index (χ4n) is 1.66. The van der Waals surface area contributed by atoms with Crippen LogP contribution in [0.25, 0.3) is 10.9 Å². The Morgan fingerprint density at radius 1 is 1.22 bits per heavy atom. The van der Waals surface area contributed by atoms with Crippen molar-refractivity contribution in [3.8, 4) is 17.2 Å². The lowest BCUT2D eigenvalue weighted by atomic mass is 10.1. The van der Waals surface area contributed by atoms with Crippen LogP contribution in [0, 0.1) is 0 Å². The van der Waals surface area contributed by atoms with Crippen molar-refractivity contribution in [1.82, 2.24) is 4.98 Å². The Hall–Kier alpha value is -2.50. The highest BCUT2D eigenvalue weighted by molar-refractivity contribution is 5.99. The second-order valence-corrected chi connectivity index (χ2v) is 3.55. The number of aromatic nitrogens is 1. The van der Waals surface area contributed by atoms with Crippen LogP contribution in [0.5, 0.6) is 17.2 Å². The molecule has 6 heteroatoms. The molecule has 0 saturated carbocycles. The predicted octanol–water partition coefficient (Wildman–Crippen LogP) is 1.66. The normalized spacial score (nSPS) is 10.3. The lowest BCUT2D eigenvalue weighted by Gasteiger charge is -2.10. The highest BCUT2D eigenvalue weighted by atomic mass is 16.5. The number of rotatable bonds is 3. The molecule has 18 heavy (non-hydrogen) atoms. The summed E-state index contributed by atoms with van der Waals surface area (Å²) in [5.41, 5.74) is 0.171. The van der Waals surface area contributed by atoms with E-state index in [0.717, 1.165) is 6.20 Å². The molecule has 0 unspecified atom stereocenters. The first-order chi connectivity index (χ1) is 8.58. The van der Waals surface area contributed by atoms with Crippen molar-refractivity contribution in [2.45, 2.75) is 0 Å². The number of pyridine rings is 1. The predicted molar refractivity (Wildman–Crippen MR) is 63.5 cm³/mol. The first kappa shape index (κ1) is 12.0. The molecule has 0 radical (unpaired) electrons. The SMILES string of the molecule is COc1cc2ncc(C(=O)O)c(O)c2cc1OC. The first-order valence-electron chi connectivity index (χ1n) is 5.05. The van der Waals surface area contributed by atoms with Crippen LogP contribution in [-0.2, 0) is 0 Å². The zero-order valence-corrected chi connectivity index (χ0v) is 9.80. The van der Waals surface area contributed by atoms with Gasteiger partial charge in [-0.25, -0.2) is 4.79 Å². The molecular weight excluding hydrogens is 238 g/mol. The summed E-state index contributed by atoms with van der Waals surface area (Å²) in [6.07, 6.45) is 1.10. The Kier molecular flexibility index (Phi) is 2.93. The summed E-state index contributed by atoms with van der Waals surface area (Å²) in [6.45, 7) is 0. The van der Waals surface area contributed by atoms with Crippen molar-refractivity contribution in [1.29, 1.82) is 0 Å². The summed E-state index contributed by atoms with van der Waals surface area (Å²) < 4.78 is 10.2. The number of aromatic carboxylic acids is 1. The van der Waals surface area contributed by atoms with Crippen molar-refractivity contribution in [3.05, 3.63) is 23.9 Å². The van der Waals surface area contributed by atoms with Gasteiger partial charge < -0.3 is 19.7 Å². The minimum absolute atomic E-state index is 0.255. The molecule has 2 rings (SSSR count). The number of fused-ring (bicyclic) bond motifs is 1. The Balaban J connectivity index is 2.77. The van der Waals surface area contributed by atoms with Crippen molar-refractivity contribution < 1.29 is 24.5 Å². The molecule has 0 aliphatic heterocycles. The van der Waals surface area contributed by atoms with Gasteiger partial charge in [-0.1, -0.05) is 0 Å². The lowest BCUT2D eigenvalue weighted by molar-refractivity contribution is 0.0693. The Labute approximate surface area is 102 Å². The molecule has 0 fully saturated rings. The van der Waals surface area contributed by atoms with Gasteiger partial charge in [0.1, 0.15) is 11.3 Å². The number of carbonyl (C=O) groups is 1.